The molecule has 1 aliphatic rings. The number of likely N-dealkylation sites (N-methyl/N-ethyl adjacent to an activating group) is 1. The fourth-order valence-corrected chi connectivity index (χ4v) is 4.08. The van der Waals surface area contributed by atoms with E-state index in [9.17, 15) is 4.79 Å². The van der Waals surface area contributed by atoms with E-state index in [2.05, 4.69) is 66.6 Å². The van der Waals surface area contributed by atoms with Crippen molar-refractivity contribution in [2.24, 2.45) is 11.8 Å². The van der Waals surface area contributed by atoms with E-state index >= 15 is 0 Å². The number of benzene rings is 1. The van der Waals surface area contributed by atoms with Crippen LogP contribution in [0.1, 0.15) is 45.6 Å². The number of rotatable bonds is 10. The highest BCUT2D eigenvalue weighted by molar-refractivity contribution is 5.76. The molecular formula is C22H37N3O. The van der Waals surface area contributed by atoms with Gasteiger partial charge in [0.2, 0.25) is 5.91 Å². The largest absolute Gasteiger partial charge is 0.355 e. The summed E-state index contributed by atoms with van der Waals surface area (Å²) >= 11 is 0. The first-order chi connectivity index (χ1) is 12.6. The average Bonchev–Trinajstić information content (AvgIpc) is 2.68. The maximum atomic E-state index is 12.5. The summed E-state index contributed by atoms with van der Waals surface area (Å²) in [5.74, 6) is 1.29. The van der Waals surface area contributed by atoms with Crippen LogP contribution in [0.2, 0.25) is 0 Å². The summed E-state index contributed by atoms with van der Waals surface area (Å²) in [4.78, 5) is 14.9. The molecule has 3 atom stereocenters. The topological polar surface area (TPSA) is 44.4 Å². The van der Waals surface area contributed by atoms with E-state index in [1.165, 1.54) is 18.4 Å². The quantitative estimate of drug-likeness (QED) is 0.675. The molecule has 0 aliphatic carbocycles. The second-order valence-corrected chi connectivity index (χ2v) is 7.66. The zero-order valence-corrected chi connectivity index (χ0v) is 16.8. The van der Waals surface area contributed by atoms with Crippen LogP contribution in [0, 0.1) is 11.8 Å². The molecule has 0 aromatic heterocycles. The zero-order chi connectivity index (χ0) is 18.8. The van der Waals surface area contributed by atoms with Crippen LogP contribution in [0.3, 0.4) is 0 Å². The number of hydrogen-bond donors (Lipinski definition) is 2. The van der Waals surface area contributed by atoms with Crippen LogP contribution in [-0.4, -0.2) is 49.6 Å². The molecule has 0 bridgehead atoms. The molecule has 1 saturated heterocycles. The molecule has 26 heavy (non-hydrogen) atoms. The Labute approximate surface area is 159 Å². The SMILES string of the molecule is CCN(CC)C(CNC(=O)CC(C)C1CCCNC1)Cc1ccccc1. The van der Waals surface area contributed by atoms with Crippen LogP contribution < -0.4 is 10.6 Å². The number of carbonyl (C=O) groups is 1. The average molecular weight is 360 g/mol. The van der Waals surface area contributed by atoms with Gasteiger partial charge in [-0.1, -0.05) is 51.1 Å². The first-order valence-electron chi connectivity index (χ1n) is 10.4. The first kappa shape index (κ1) is 20.9. The van der Waals surface area contributed by atoms with E-state index < -0.39 is 0 Å². The Hall–Kier alpha value is -1.39. The van der Waals surface area contributed by atoms with Crippen molar-refractivity contribution in [3.05, 3.63) is 35.9 Å². The Morgan fingerprint density at radius 2 is 2.00 bits per heavy atom. The first-order valence-corrected chi connectivity index (χ1v) is 10.4. The predicted octanol–water partition coefficient (Wildman–Crippen LogP) is 3.08. The molecule has 0 spiro atoms. The molecule has 2 rings (SSSR count). The molecule has 1 amide bonds. The van der Waals surface area contributed by atoms with Gasteiger partial charge in [0.1, 0.15) is 0 Å². The number of carbonyl (C=O) groups excluding carboxylic acids is 1. The monoisotopic (exact) mass is 359 g/mol. The lowest BCUT2D eigenvalue weighted by molar-refractivity contribution is -0.122. The molecule has 1 heterocycles. The molecule has 2 N–H and O–H groups in total. The third-order valence-electron chi connectivity index (χ3n) is 5.82. The second-order valence-electron chi connectivity index (χ2n) is 7.66. The summed E-state index contributed by atoms with van der Waals surface area (Å²) in [6.45, 7) is 11.5. The molecule has 1 aromatic rings. The highest BCUT2D eigenvalue weighted by Crippen LogP contribution is 2.22. The molecule has 1 aliphatic heterocycles. The van der Waals surface area contributed by atoms with Gasteiger partial charge in [0, 0.05) is 19.0 Å². The number of hydrogen-bond acceptors (Lipinski definition) is 3. The van der Waals surface area contributed by atoms with Crippen LogP contribution in [0.4, 0.5) is 0 Å². The number of nitrogens with zero attached hydrogens (tertiary/aromatic N) is 1. The van der Waals surface area contributed by atoms with E-state index in [0.717, 1.165) is 39.1 Å². The molecule has 1 aromatic carbocycles. The minimum atomic E-state index is 0.202. The Kier molecular flexibility index (Phi) is 9.13. The van der Waals surface area contributed by atoms with E-state index in [1.54, 1.807) is 0 Å². The van der Waals surface area contributed by atoms with Gasteiger partial charge in [0.25, 0.3) is 0 Å². The van der Waals surface area contributed by atoms with Crippen LogP contribution >= 0.6 is 0 Å². The van der Waals surface area contributed by atoms with Gasteiger partial charge in [-0.05, 0) is 62.8 Å². The molecule has 1 fully saturated rings. The zero-order valence-electron chi connectivity index (χ0n) is 16.8. The third-order valence-corrected chi connectivity index (χ3v) is 5.82. The van der Waals surface area contributed by atoms with Crippen molar-refractivity contribution in [2.45, 2.75) is 52.5 Å². The van der Waals surface area contributed by atoms with Gasteiger partial charge >= 0.3 is 0 Å². The van der Waals surface area contributed by atoms with Crippen molar-refractivity contribution in [3.63, 3.8) is 0 Å². The lowest BCUT2D eigenvalue weighted by Gasteiger charge is -2.31. The highest BCUT2D eigenvalue weighted by atomic mass is 16.1. The van der Waals surface area contributed by atoms with E-state index in [0.29, 0.717) is 24.3 Å². The van der Waals surface area contributed by atoms with E-state index in [4.69, 9.17) is 0 Å². The summed E-state index contributed by atoms with van der Waals surface area (Å²) < 4.78 is 0. The molecule has 0 saturated carbocycles. The Balaban J connectivity index is 1.85. The smallest absolute Gasteiger partial charge is 0.220 e. The van der Waals surface area contributed by atoms with E-state index in [1.807, 2.05) is 0 Å². The molecule has 4 nitrogen and oxygen atoms in total. The van der Waals surface area contributed by atoms with Crippen molar-refractivity contribution < 1.29 is 4.79 Å². The van der Waals surface area contributed by atoms with Gasteiger partial charge in [-0.25, -0.2) is 0 Å². The lowest BCUT2D eigenvalue weighted by atomic mass is 9.85. The van der Waals surface area contributed by atoms with Crippen molar-refractivity contribution in [1.29, 1.82) is 0 Å². The molecule has 4 heteroatoms. The van der Waals surface area contributed by atoms with Gasteiger partial charge in [-0.2, -0.15) is 0 Å². The number of amides is 1. The van der Waals surface area contributed by atoms with Gasteiger partial charge < -0.3 is 10.6 Å². The molecule has 146 valence electrons. The highest BCUT2D eigenvalue weighted by Gasteiger charge is 2.23. The maximum Gasteiger partial charge on any atom is 0.220 e. The fraction of sp³-hybridized carbons (Fsp3) is 0.682. The second kappa shape index (κ2) is 11.3. The summed E-state index contributed by atoms with van der Waals surface area (Å²) in [7, 11) is 0. The normalized spacial score (nSPS) is 19.9. The lowest BCUT2D eigenvalue weighted by Crippen LogP contribution is -2.45. The number of piperidine rings is 1. The molecule has 0 radical (unpaired) electrons. The van der Waals surface area contributed by atoms with Crippen LogP contribution in [0.5, 0.6) is 0 Å². The predicted molar refractivity (Wildman–Crippen MR) is 109 cm³/mol. The Morgan fingerprint density at radius 3 is 2.62 bits per heavy atom. The van der Waals surface area contributed by atoms with Crippen molar-refractivity contribution in [2.75, 3.05) is 32.7 Å². The minimum absolute atomic E-state index is 0.202. The standard InChI is InChI=1S/C22H37N3O/c1-4-25(5-2)21(15-19-10-7-6-8-11-19)17-24-22(26)14-18(3)20-12-9-13-23-16-20/h6-8,10-11,18,20-21,23H,4-5,9,12-17H2,1-3H3,(H,24,26). The van der Waals surface area contributed by atoms with Gasteiger partial charge in [0.05, 0.1) is 0 Å². The van der Waals surface area contributed by atoms with E-state index in [-0.39, 0.29) is 5.91 Å². The van der Waals surface area contributed by atoms with Crippen LogP contribution in [0.15, 0.2) is 30.3 Å². The molecule has 3 unspecified atom stereocenters. The Morgan fingerprint density at radius 1 is 1.27 bits per heavy atom. The maximum absolute atomic E-state index is 12.5. The summed E-state index contributed by atoms with van der Waals surface area (Å²) in [5.41, 5.74) is 1.33. The van der Waals surface area contributed by atoms with Gasteiger partial charge in [-0.15, -0.1) is 0 Å². The van der Waals surface area contributed by atoms with Crippen molar-refractivity contribution >= 4 is 5.91 Å². The van der Waals surface area contributed by atoms with Gasteiger partial charge in [-0.3, -0.25) is 9.69 Å². The number of nitrogens with one attached hydrogen (secondary N) is 2. The Bertz CT molecular complexity index is 509. The fourth-order valence-electron chi connectivity index (χ4n) is 4.08. The summed E-state index contributed by atoms with van der Waals surface area (Å²) in [5, 5.41) is 6.68. The van der Waals surface area contributed by atoms with Crippen LogP contribution in [-0.2, 0) is 11.2 Å². The minimum Gasteiger partial charge on any atom is -0.355 e. The third kappa shape index (κ3) is 6.73. The summed E-state index contributed by atoms with van der Waals surface area (Å²) in [6, 6.07) is 10.9. The summed E-state index contributed by atoms with van der Waals surface area (Å²) in [6.07, 6.45) is 4.10. The molecular weight excluding hydrogens is 322 g/mol. The van der Waals surface area contributed by atoms with Gasteiger partial charge in [0.15, 0.2) is 0 Å². The van der Waals surface area contributed by atoms with Crippen molar-refractivity contribution in [1.82, 2.24) is 15.5 Å². The van der Waals surface area contributed by atoms with Crippen LogP contribution in [0.25, 0.3) is 0 Å². The van der Waals surface area contributed by atoms with Crippen molar-refractivity contribution in [3.8, 4) is 0 Å².